The summed E-state index contributed by atoms with van der Waals surface area (Å²) in [6.07, 6.45) is 10.2. The van der Waals surface area contributed by atoms with Crippen molar-refractivity contribution in [2.45, 2.75) is 115 Å². The molecule has 9 rings (SSSR count). The maximum absolute atomic E-state index is 15.0. The van der Waals surface area contributed by atoms with E-state index in [2.05, 4.69) is 66.0 Å². The van der Waals surface area contributed by atoms with Gasteiger partial charge >= 0.3 is 0 Å². The van der Waals surface area contributed by atoms with Gasteiger partial charge < -0.3 is 24.4 Å². The van der Waals surface area contributed by atoms with Gasteiger partial charge in [-0.3, -0.25) is 19.5 Å². The molecule has 4 aromatic rings. The van der Waals surface area contributed by atoms with Gasteiger partial charge in [0.05, 0.1) is 40.9 Å². The van der Waals surface area contributed by atoms with Crippen molar-refractivity contribution >= 4 is 40.0 Å². The quantitative estimate of drug-likeness (QED) is 0.217. The first kappa shape index (κ1) is 35.3. The molecule has 4 aliphatic heterocycles. The zero-order valence-corrected chi connectivity index (χ0v) is 32.0. The molecule has 12 heteroatoms. The number of nitrogens with zero attached hydrogens (tertiary/aromatic N) is 7. The molecule has 1 aromatic carbocycles. The Bertz CT molecular complexity index is 2120. The molecule has 4 fully saturated rings. The van der Waals surface area contributed by atoms with Gasteiger partial charge in [0.1, 0.15) is 11.6 Å². The summed E-state index contributed by atoms with van der Waals surface area (Å²) in [7, 11) is 0. The molecular weight excluding hydrogens is 684 g/mol. The highest BCUT2D eigenvalue weighted by atomic mass is 19.1. The van der Waals surface area contributed by atoms with E-state index in [1.807, 2.05) is 22.5 Å². The number of benzene rings is 1. The Hall–Kier alpha value is -4.42. The summed E-state index contributed by atoms with van der Waals surface area (Å²) in [5.74, 6) is 0.240. The number of hydrogen-bond acceptors (Lipinski definition) is 8. The second-order valence-electron chi connectivity index (χ2n) is 17.4. The first-order valence-corrected chi connectivity index (χ1v) is 19.8. The van der Waals surface area contributed by atoms with Crippen LogP contribution in [0.25, 0.3) is 22.3 Å². The molecule has 1 saturated carbocycles. The third-order valence-electron chi connectivity index (χ3n) is 12.9. The Morgan fingerprint density at radius 2 is 1.83 bits per heavy atom. The third-order valence-corrected chi connectivity index (χ3v) is 12.9. The van der Waals surface area contributed by atoms with Crippen LogP contribution in [0, 0.1) is 11.2 Å². The molecule has 1 aliphatic carbocycles. The predicted molar refractivity (Wildman–Crippen MR) is 206 cm³/mol. The Balaban J connectivity index is 1.07. The molecule has 3 saturated heterocycles. The monoisotopic (exact) mass is 734 g/mol. The number of anilines is 3. The van der Waals surface area contributed by atoms with E-state index >= 15 is 0 Å². The van der Waals surface area contributed by atoms with Gasteiger partial charge in [-0.15, -0.1) is 0 Å². The van der Waals surface area contributed by atoms with Crippen molar-refractivity contribution in [2.24, 2.45) is 5.41 Å². The first-order chi connectivity index (χ1) is 25.9. The van der Waals surface area contributed by atoms with Crippen LogP contribution in [-0.4, -0.2) is 91.6 Å². The fourth-order valence-electron chi connectivity index (χ4n) is 9.72. The second-order valence-corrected chi connectivity index (χ2v) is 17.4. The summed E-state index contributed by atoms with van der Waals surface area (Å²) in [5.41, 5.74) is 4.97. The van der Waals surface area contributed by atoms with Gasteiger partial charge in [0.15, 0.2) is 11.6 Å². The first-order valence-electron chi connectivity index (χ1n) is 19.8. The number of imidazole rings is 1. The van der Waals surface area contributed by atoms with Crippen molar-refractivity contribution in [3.05, 3.63) is 60.4 Å². The highest BCUT2D eigenvalue weighted by Crippen LogP contribution is 2.52. The van der Waals surface area contributed by atoms with Crippen molar-refractivity contribution in [1.82, 2.24) is 29.3 Å². The van der Waals surface area contributed by atoms with E-state index in [1.54, 1.807) is 18.6 Å². The minimum atomic E-state index is -0.686. The van der Waals surface area contributed by atoms with E-state index in [0.717, 1.165) is 66.6 Å². The van der Waals surface area contributed by atoms with Crippen molar-refractivity contribution < 1.29 is 18.7 Å². The maximum atomic E-state index is 15.0. The van der Waals surface area contributed by atoms with E-state index in [0.29, 0.717) is 48.9 Å². The summed E-state index contributed by atoms with van der Waals surface area (Å²) >= 11 is 0. The molecule has 0 radical (unpaired) electrons. The van der Waals surface area contributed by atoms with Gasteiger partial charge in [0.25, 0.3) is 5.91 Å². The lowest BCUT2D eigenvalue weighted by Crippen LogP contribution is -2.58. The molecule has 3 aromatic heterocycles. The molecule has 54 heavy (non-hydrogen) atoms. The van der Waals surface area contributed by atoms with Crippen LogP contribution in [0.5, 0.6) is 0 Å². The number of carbonyl (C=O) groups excluding carboxylic acids is 2. The van der Waals surface area contributed by atoms with Gasteiger partial charge in [-0.2, -0.15) is 0 Å². The van der Waals surface area contributed by atoms with E-state index < -0.39 is 11.2 Å². The lowest BCUT2D eigenvalue weighted by molar-refractivity contribution is -0.145. The molecule has 284 valence electrons. The number of carbonyl (C=O) groups is 2. The summed E-state index contributed by atoms with van der Waals surface area (Å²) < 4.78 is 22.9. The lowest BCUT2D eigenvalue weighted by Gasteiger charge is -2.46. The van der Waals surface area contributed by atoms with Gasteiger partial charge in [0.2, 0.25) is 5.91 Å². The van der Waals surface area contributed by atoms with Crippen LogP contribution < -0.4 is 10.2 Å². The van der Waals surface area contributed by atoms with Gasteiger partial charge in [-0.05, 0) is 101 Å². The Morgan fingerprint density at radius 3 is 2.52 bits per heavy atom. The number of halogens is 1. The fraction of sp³-hybridized carbons (Fsp3) is 0.548. The second kappa shape index (κ2) is 13.1. The fourth-order valence-corrected chi connectivity index (χ4v) is 9.72. The summed E-state index contributed by atoms with van der Waals surface area (Å²) in [5, 5.41) is 3.23. The van der Waals surface area contributed by atoms with Gasteiger partial charge in [-0.1, -0.05) is 26.0 Å². The Kier molecular flexibility index (Phi) is 8.57. The molecule has 5 aliphatic rings. The zero-order chi connectivity index (χ0) is 37.5. The van der Waals surface area contributed by atoms with Crippen molar-refractivity contribution in [3.8, 4) is 11.3 Å². The summed E-state index contributed by atoms with van der Waals surface area (Å²) in [4.78, 5) is 48.8. The molecular formula is C42H51FN8O3. The molecule has 0 unspecified atom stereocenters. The molecule has 2 amide bonds. The molecule has 11 nitrogen and oxygen atoms in total. The number of ether oxygens (including phenoxy) is 1. The zero-order valence-electron chi connectivity index (χ0n) is 32.0. The molecule has 7 heterocycles. The lowest BCUT2D eigenvalue weighted by atomic mass is 9.73. The number of nitrogens with one attached hydrogen (secondary N) is 1. The van der Waals surface area contributed by atoms with Crippen molar-refractivity contribution in [3.63, 3.8) is 0 Å². The minimum absolute atomic E-state index is 0.0554. The van der Waals surface area contributed by atoms with E-state index in [4.69, 9.17) is 14.7 Å². The van der Waals surface area contributed by atoms with Gasteiger partial charge in [0, 0.05) is 55.2 Å². The molecule has 2 atom stereocenters. The highest BCUT2D eigenvalue weighted by molar-refractivity contribution is 6.09. The summed E-state index contributed by atoms with van der Waals surface area (Å²) in [6.45, 7) is 14.1. The number of likely N-dealkylation sites (tertiary alicyclic amines) is 2. The van der Waals surface area contributed by atoms with Crippen LogP contribution in [0.1, 0.15) is 91.2 Å². The van der Waals surface area contributed by atoms with Crippen LogP contribution >= 0.6 is 0 Å². The van der Waals surface area contributed by atoms with E-state index in [1.165, 1.54) is 12.6 Å². The van der Waals surface area contributed by atoms with E-state index in [-0.39, 0.29) is 41.8 Å². The SMILES string of the molecule is CC(C)n1cnc2cc(-c3ccc4c(c3)N([C@H]3C[C@@H](N5CCC(C)(C)C5)C3)C(=O)C43CCN(C(=O)[C@H]4CC[C@@H](C)O4)CC3)nc(Nc3ccncc3F)c21. The maximum Gasteiger partial charge on any atom is 0.251 e. The van der Waals surface area contributed by atoms with Crippen LogP contribution in [0.2, 0.25) is 0 Å². The smallest absolute Gasteiger partial charge is 0.251 e. The minimum Gasteiger partial charge on any atom is -0.365 e. The number of hydrogen-bond donors (Lipinski definition) is 1. The van der Waals surface area contributed by atoms with Crippen LogP contribution in [0.4, 0.5) is 21.6 Å². The van der Waals surface area contributed by atoms with Gasteiger partial charge in [-0.25, -0.2) is 14.4 Å². The average molecular weight is 735 g/mol. The number of fused-ring (bicyclic) bond motifs is 3. The Morgan fingerprint density at radius 1 is 1.04 bits per heavy atom. The largest absolute Gasteiger partial charge is 0.365 e. The van der Waals surface area contributed by atoms with Crippen molar-refractivity contribution in [1.29, 1.82) is 0 Å². The van der Waals surface area contributed by atoms with Crippen LogP contribution in [-0.2, 0) is 19.7 Å². The number of rotatable bonds is 7. The normalized spacial score (nSPS) is 26.2. The molecule has 1 N–H and O–H groups in total. The van der Waals surface area contributed by atoms with Crippen molar-refractivity contribution in [2.75, 3.05) is 36.4 Å². The molecule has 0 bridgehead atoms. The predicted octanol–water partition coefficient (Wildman–Crippen LogP) is 6.99. The third kappa shape index (κ3) is 5.87. The average Bonchev–Trinajstić information content (AvgIpc) is 3.91. The van der Waals surface area contributed by atoms with Crippen LogP contribution in [0.15, 0.2) is 49.1 Å². The number of piperidine rings is 1. The topological polar surface area (TPSA) is 109 Å². The standard InChI is InChI=1S/C42H51FN8O3/c1-25(2)50-24-45-34-21-33(47-38(37(34)50)46-32-10-14-44-22-31(32)43)27-7-8-30-35(18-27)51(29-19-28(20-29)49-15-11-41(4,5)23-49)40(53)42(30)12-16-48(17-13-42)39(52)36-9-6-26(3)54-36/h7-8,10,14,18,21-22,24-26,28-29,36H,6,9,11-13,15-17,19-20,23H2,1-5H3,(H,44,46,47)/t26-,28-,29+,36-/m1/s1. The Labute approximate surface area is 316 Å². The number of amides is 2. The highest BCUT2D eigenvalue weighted by Gasteiger charge is 2.56. The number of aromatic nitrogens is 4. The summed E-state index contributed by atoms with van der Waals surface area (Å²) in [6, 6.07) is 10.6. The van der Waals surface area contributed by atoms with Crippen LogP contribution in [0.3, 0.4) is 0 Å². The number of pyridine rings is 2. The van der Waals surface area contributed by atoms with E-state index in [9.17, 15) is 14.0 Å². The molecule has 1 spiro atoms.